The molecule has 1 amide bonds. The van der Waals surface area contributed by atoms with Crippen LogP contribution in [-0.4, -0.2) is 91.9 Å². The number of carbonyl (C=O) groups excluding carboxylic acids is 1. The van der Waals surface area contributed by atoms with Gasteiger partial charge in [0.15, 0.2) is 11.5 Å². The molecule has 2 aromatic carbocycles. The number of likely N-dealkylation sites (tertiary alicyclic amines) is 1. The minimum atomic E-state index is -0.978. The number of hydrogen-bond donors (Lipinski definition) is 1. The average Bonchev–Trinajstić information content (AvgIpc) is 3.96. The Kier molecular flexibility index (Phi) is 7.75. The fourth-order valence-electron chi connectivity index (χ4n) is 8.79. The Bertz CT molecular complexity index is 2460. The van der Waals surface area contributed by atoms with Gasteiger partial charge in [0.1, 0.15) is 53.4 Å². The van der Waals surface area contributed by atoms with E-state index in [0.29, 0.717) is 50.2 Å². The second kappa shape index (κ2) is 12.2. The second-order valence-corrected chi connectivity index (χ2v) is 15.7. The van der Waals surface area contributed by atoms with Crippen molar-refractivity contribution in [2.24, 2.45) is 0 Å². The maximum Gasteiger partial charge on any atom is 0.329 e. The number of halogens is 4. The number of amides is 1. The zero-order chi connectivity index (χ0) is 36.8. The molecule has 9 rings (SSSR count). The Hall–Kier alpha value is -5.16. The minimum absolute atomic E-state index is 0.0155. The molecule has 2 N–H and O–H groups in total. The highest BCUT2D eigenvalue weighted by molar-refractivity contribution is 7.23. The zero-order valence-electron chi connectivity index (χ0n) is 28.1. The summed E-state index contributed by atoms with van der Waals surface area (Å²) in [5.41, 5.74) is 5.16. The van der Waals surface area contributed by atoms with Crippen LogP contribution in [0.15, 0.2) is 30.7 Å². The van der Waals surface area contributed by atoms with E-state index in [1.807, 2.05) is 17.0 Å². The topological polar surface area (TPSA) is 153 Å². The first-order chi connectivity index (χ1) is 25.5. The Labute approximate surface area is 309 Å². The van der Waals surface area contributed by atoms with Crippen molar-refractivity contribution in [2.45, 2.75) is 49.4 Å². The van der Waals surface area contributed by atoms with Crippen molar-refractivity contribution >= 4 is 60.8 Å². The molecule has 4 fully saturated rings. The third-order valence-corrected chi connectivity index (χ3v) is 12.8. The summed E-state index contributed by atoms with van der Waals surface area (Å²) in [4.78, 5) is 32.7. The molecule has 5 aromatic rings. The van der Waals surface area contributed by atoms with E-state index < -0.39 is 28.9 Å². The number of carbonyl (C=O) groups is 1. The first-order valence-electron chi connectivity index (χ1n) is 17.2. The van der Waals surface area contributed by atoms with Crippen LogP contribution in [0.25, 0.3) is 32.1 Å². The van der Waals surface area contributed by atoms with Crippen LogP contribution in [0.3, 0.4) is 0 Å². The number of imidazole rings is 1. The van der Waals surface area contributed by atoms with Gasteiger partial charge >= 0.3 is 12.0 Å². The Morgan fingerprint density at radius 1 is 1.15 bits per heavy atom. The number of ether oxygens (including phenoxy) is 1. The number of benzene rings is 2. The van der Waals surface area contributed by atoms with Crippen LogP contribution >= 0.6 is 22.9 Å². The summed E-state index contributed by atoms with van der Waals surface area (Å²) in [6.45, 7) is 2.54. The number of fused-ring (bicyclic) bond motifs is 3. The standard InChI is InChI=1S/C36H30ClF3N10O2S/c37-24-10-22-29(28(40)27(24)21-2-3-25(39)30-26(21)23(13-42)31(43)53-30)45-33(52-17-36-4-1-7-49(36)14-19(38)11-36)46-32(22)47-8-5-35(16-47)6-9-50(35)34(51)48-15-20(12-41)44-18-48/h2-3,10,15,18-19H,1,4-9,11,14,16-17,43H2/t19-,35?,36+/m1/s1. The van der Waals surface area contributed by atoms with E-state index >= 15 is 4.39 Å². The molecule has 4 saturated heterocycles. The lowest BCUT2D eigenvalue weighted by atomic mass is 9.84. The van der Waals surface area contributed by atoms with E-state index in [9.17, 15) is 24.1 Å². The molecule has 12 nitrogen and oxygen atoms in total. The average molecular weight is 759 g/mol. The largest absolute Gasteiger partial charge is 0.461 e. The van der Waals surface area contributed by atoms with Gasteiger partial charge in [-0.25, -0.2) is 22.9 Å². The van der Waals surface area contributed by atoms with Crippen molar-refractivity contribution in [3.63, 3.8) is 0 Å². The first-order valence-corrected chi connectivity index (χ1v) is 18.4. The van der Waals surface area contributed by atoms with Crippen molar-refractivity contribution < 1.29 is 22.7 Å². The molecule has 17 heteroatoms. The highest BCUT2D eigenvalue weighted by atomic mass is 35.5. The fraction of sp³-hybridized carbons (Fsp3) is 0.389. The van der Waals surface area contributed by atoms with E-state index in [1.165, 1.54) is 29.2 Å². The number of rotatable bonds is 5. The summed E-state index contributed by atoms with van der Waals surface area (Å²) < 4.78 is 54.4. The number of nitrogens with zero attached hydrogens (tertiary/aromatic N) is 9. The first kappa shape index (κ1) is 33.7. The van der Waals surface area contributed by atoms with Crippen LogP contribution in [0.5, 0.6) is 6.01 Å². The van der Waals surface area contributed by atoms with Crippen LogP contribution in [-0.2, 0) is 0 Å². The molecule has 0 aliphatic carbocycles. The molecule has 4 aliphatic rings. The number of anilines is 2. The smallest absolute Gasteiger partial charge is 0.329 e. The van der Waals surface area contributed by atoms with E-state index in [-0.39, 0.29) is 66.7 Å². The maximum absolute atomic E-state index is 17.2. The molecule has 7 heterocycles. The van der Waals surface area contributed by atoms with E-state index in [4.69, 9.17) is 27.1 Å². The van der Waals surface area contributed by atoms with Gasteiger partial charge in [-0.3, -0.25) is 9.47 Å². The number of nitrogens with two attached hydrogens (primary N) is 1. The molecular formula is C36H30ClF3N10O2S. The molecule has 1 unspecified atom stereocenters. The van der Waals surface area contributed by atoms with Crippen molar-refractivity contribution in [2.75, 3.05) is 50.0 Å². The normalized spacial score (nSPS) is 23.8. The van der Waals surface area contributed by atoms with Crippen LogP contribution in [0.2, 0.25) is 5.02 Å². The lowest BCUT2D eigenvalue weighted by Gasteiger charge is -2.50. The fourth-order valence-corrected chi connectivity index (χ4v) is 10.0. The number of aromatic nitrogens is 4. The number of nitrogen functional groups attached to an aromatic ring is 1. The monoisotopic (exact) mass is 758 g/mol. The quantitative estimate of drug-likeness (QED) is 0.218. The van der Waals surface area contributed by atoms with Crippen LogP contribution < -0.4 is 15.4 Å². The van der Waals surface area contributed by atoms with Crippen molar-refractivity contribution in [1.29, 1.82) is 10.5 Å². The number of thiophene rings is 1. The van der Waals surface area contributed by atoms with Gasteiger partial charge in [-0.2, -0.15) is 20.5 Å². The van der Waals surface area contributed by atoms with E-state index in [2.05, 4.69) is 14.9 Å². The summed E-state index contributed by atoms with van der Waals surface area (Å²) >= 11 is 7.79. The third kappa shape index (κ3) is 5.10. The summed E-state index contributed by atoms with van der Waals surface area (Å²) in [6, 6.07) is 7.65. The maximum atomic E-state index is 17.2. The van der Waals surface area contributed by atoms with Gasteiger partial charge in [0.05, 0.1) is 32.6 Å². The molecule has 0 saturated carbocycles. The van der Waals surface area contributed by atoms with Gasteiger partial charge in [0.25, 0.3) is 0 Å². The van der Waals surface area contributed by atoms with Gasteiger partial charge in [-0.05, 0) is 49.9 Å². The highest BCUT2D eigenvalue weighted by Crippen LogP contribution is 2.48. The predicted molar refractivity (Wildman–Crippen MR) is 192 cm³/mol. The van der Waals surface area contributed by atoms with Gasteiger partial charge in [-0.1, -0.05) is 17.7 Å². The summed E-state index contributed by atoms with van der Waals surface area (Å²) in [5.74, 6) is -1.08. The van der Waals surface area contributed by atoms with Gasteiger partial charge in [0, 0.05) is 48.9 Å². The lowest BCUT2D eigenvalue weighted by molar-refractivity contribution is 0.0414. The lowest BCUT2D eigenvalue weighted by Crippen LogP contribution is -2.64. The molecule has 4 aliphatic heterocycles. The molecule has 3 atom stereocenters. The van der Waals surface area contributed by atoms with E-state index in [1.54, 1.807) is 11.0 Å². The third-order valence-electron chi connectivity index (χ3n) is 11.4. The molecule has 1 spiro atoms. The van der Waals surface area contributed by atoms with Crippen molar-refractivity contribution in [1.82, 2.24) is 29.3 Å². The van der Waals surface area contributed by atoms with Gasteiger partial charge in [-0.15, -0.1) is 11.3 Å². The van der Waals surface area contributed by atoms with Crippen molar-refractivity contribution in [3.05, 3.63) is 58.6 Å². The molecular weight excluding hydrogens is 729 g/mol. The Morgan fingerprint density at radius 2 is 1.98 bits per heavy atom. The van der Waals surface area contributed by atoms with Crippen LogP contribution in [0.1, 0.15) is 43.4 Å². The predicted octanol–water partition coefficient (Wildman–Crippen LogP) is 6.24. The molecule has 270 valence electrons. The number of alkyl halides is 1. The highest BCUT2D eigenvalue weighted by Gasteiger charge is 2.53. The van der Waals surface area contributed by atoms with Gasteiger partial charge < -0.3 is 20.3 Å². The van der Waals surface area contributed by atoms with Gasteiger partial charge in [0.2, 0.25) is 0 Å². The number of nitriles is 2. The molecule has 53 heavy (non-hydrogen) atoms. The Balaban J connectivity index is 1.14. The zero-order valence-corrected chi connectivity index (χ0v) is 29.7. The summed E-state index contributed by atoms with van der Waals surface area (Å²) in [6.07, 6.45) is 5.02. The van der Waals surface area contributed by atoms with E-state index in [0.717, 1.165) is 37.1 Å². The van der Waals surface area contributed by atoms with Crippen LogP contribution in [0.4, 0.5) is 28.8 Å². The van der Waals surface area contributed by atoms with Crippen molar-refractivity contribution in [3.8, 4) is 29.3 Å². The molecule has 3 aromatic heterocycles. The van der Waals surface area contributed by atoms with Crippen LogP contribution in [0, 0.1) is 34.3 Å². The summed E-state index contributed by atoms with van der Waals surface area (Å²) in [5, 5.41) is 19.6. The SMILES string of the molecule is N#Cc1cn(C(=O)N2CCC23CCN(c2nc(OC[C@@]45CCCN4C[C@H](F)C5)nc4c(F)c(-c5ccc(F)c6sc(N)c(C#N)c56)c(Cl)cc24)C3)cn1. The molecule has 0 bridgehead atoms. The number of hydrogen-bond acceptors (Lipinski definition) is 11. The minimum Gasteiger partial charge on any atom is -0.461 e. The Morgan fingerprint density at radius 3 is 2.74 bits per heavy atom. The second-order valence-electron chi connectivity index (χ2n) is 14.2. The summed E-state index contributed by atoms with van der Waals surface area (Å²) in [7, 11) is 0. The molecule has 0 radical (unpaired) electrons.